The van der Waals surface area contributed by atoms with Crippen LogP contribution in [0.25, 0.3) is 5.00 Å². The number of hydrogen-bond donors (Lipinski definition) is 2. The number of anilines is 1. The van der Waals surface area contributed by atoms with Crippen LogP contribution in [0.15, 0.2) is 29.4 Å². The number of nitrogens with zero attached hydrogens (tertiary/aromatic N) is 4. The van der Waals surface area contributed by atoms with Crippen LogP contribution >= 0.6 is 11.3 Å². The number of non-ortho nitro benzene ring substituents is 1. The van der Waals surface area contributed by atoms with E-state index in [1.54, 1.807) is 0 Å². The van der Waals surface area contributed by atoms with Crippen molar-refractivity contribution in [3.05, 3.63) is 77.4 Å². The van der Waals surface area contributed by atoms with Crippen molar-refractivity contribution in [2.75, 3.05) is 5.43 Å². The average Bonchev–Trinajstić information content (AvgIpc) is 3.30. The Morgan fingerprint density at radius 1 is 1.18 bits per heavy atom. The largest absolute Gasteiger partial charge is 0.478 e. The van der Waals surface area contributed by atoms with E-state index >= 15 is 0 Å². The molecule has 1 aliphatic carbocycles. The van der Waals surface area contributed by atoms with Gasteiger partial charge in [0, 0.05) is 27.9 Å². The van der Waals surface area contributed by atoms with Crippen LogP contribution in [0.3, 0.4) is 0 Å². The van der Waals surface area contributed by atoms with E-state index in [1.807, 2.05) is 24.5 Å². The van der Waals surface area contributed by atoms with Crippen molar-refractivity contribution < 1.29 is 19.7 Å². The maximum atomic E-state index is 12.1. The molecule has 0 amide bonds. The lowest BCUT2D eigenvalue weighted by Crippen LogP contribution is -2.09. The summed E-state index contributed by atoms with van der Waals surface area (Å²) in [5, 5.41) is 36.9. The Balaban J connectivity index is 1.66. The molecule has 0 bridgehead atoms. The molecule has 1 aliphatic rings. The Morgan fingerprint density at radius 2 is 1.91 bits per heavy atom. The van der Waals surface area contributed by atoms with Gasteiger partial charge < -0.3 is 9.67 Å². The van der Waals surface area contributed by atoms with Crippen LogP contribution in [-0.2, 0) is 12.8 Å². The second-order valence-corrected chi connectivity index (χ2v) is 9.03. The number of nitrogens with one attached hydrogen (secondary N) is 1. The lowest BCUT2D eigenvalue weighted by molar-refractivity contribution is -0.393. The van der Waals surface area contributed by atoms with Gasteiger partial charge in [-0.3, -0.25) is 25.7 Å². The van der Waals surface area contributed by atoms with Crippen LogP contribution in [0.5, 0.6) is 0 Å². The number of hydrogen-bond acceptors (Lipinski definition) is 8. The van der Waals surface area contributed by atoms with Gasteiger partial charge in [0.05, 0.1) is 27.7 Å². The van der Waals surface area contributed by atoms with Gasteiger partial charge in [0.2, 0.25) is 0 Å². The maximum Gasteiger partial charge on any atom is 0.339 e. The first-order valence-corrected chi connectivity index (χ1v) is 11.3. The van der Waals surface area contributed by atoms with Crippen LogP contribution in [0, 0.1) is 34.1 Å². The summed E-state index contributed by atoms with van der Waals surface area (Å²) in [6.45, 7) is 3.73. The van der Waals surface area contributed by atoms with Crippen LogP contribution in [-0.4, -0.2) is 31.7 Å². The molecule has 11 nitrogen and oxygen atoms in total. The smallest absolute Gasteiger partial charge is 0.339 e. The number of aryl methyl sites for hydroxylation is 2. The summed E-state index contributed by atoms with van der Waals surface area (Å²) in [5.41, 5.74) is 5.33. The molecule has 0 atom stereocenters. The van der Waals surface area contributed by atoms with E-state index in [9.17, 15) is 30.1 Å². The van der Waals surface area contributed by atoms with E-state index in [0.717, 1.165) is 59.6 Å². The molecule has 0 saturated carbocycles. The predicted octanol–water partition coefficient (Wildman–Crippen LogP) is 5.00. The minimum absolute atomic E-state index is 0.0137. The van der Waals surface area contributed by atoms with Crippen molar-refractivity contribution in [3.63, 3.8) is 0 Å². The molecule has 3 aromatic rings. The molecule has 34 heavy (non-hydrogen) atoms. The number of benzene rings is 1. The number of aromatic nitrogens is 1. The number of nitro groups is 2. The molecule has 0 saturated heterocycles. The van der Waals surface area contributed by atoms with Crippen LogP contribution in [0.4, 0.5) is 17.1 Å². The topological polar surface area (TPSA) is 153 Å². The van der Waals surface area contributed by atoms with Crippen molar-refractivity contribution in [2.45, 2.75) is 39.5 Å². The molecule has 0 radical (unpaired) electrons. The molecule has 0 unspecified atom stereocenters. The van der Waals surface area contributed by atoms with Crippen LogP contribution in [0.1, 0.15) is 50.6 Å². The molecular weight excluding hydrogens is 462 g/mol. The average molecular weight is 484 g/mol. The molecule has 0 fully saturated rings. The number of rotatable bonds is 7. The van der Waals surface area contributed by atoms with Gasteiger partial charge in [-0.25, -0.2) is 4.79 Å². The number of thiophene rings is 1. The van der Waals surface area contributed by atoms with Crippen molar-refractivity contribution in [3.8, 4) is 5.00 Å². The van der Waals surface area contributed by atoms with Gasteiger partial charge in [0.25, 0.3) is 5.69 Å². The normalized spacial score (nSPS) is 13.1. The van der Waals surface area contributed by atoms with E-state index in [2.05, 4.69) is 10.5 Å². The maximum absolute atomic E-state index is 12.1. The minimum Gasteiger partial charge on any atom is -0.478 e. The SMILES string of the molecule is Cc1cc(/C=N/Nc2ccc([N+](=O)[O-])cc2[N+](=O)[O-])c(C)n1-c1sc2c(c1C(=O)O)CCCC2. The number of fused-ring (bicyclic) bond motifs is 1. The van der Waals surface area contributed by atoms with Crippen molar-refractivity contribution >= 4 is 40.6 Å². The molecule has 0 spiro atoms. The molecular formula is C22H21N5O6S. The standard InChI is InChI=1S/C22H21N5O6S/c1-12-9-14(11-23-24-17-8-7-15(26(30)31)10-18(17)27(32)33)13(2)25(12)21-20(22(28)29)16-5-3-4-6-19(16)34-21/h7-11,24H,3-6H2,1-2H3,(H,28,29)/b23-11+. The zero-order valence-electron chi connectivity index (χ0n) is 18.4. The van der Waals surface area contributed by atoms with Gasteiger partial charge in [-0.05, 0) is 57.2 Å². The quantitative estimate of drug-likeness (QED) is 0.272. The van der Waals surface area contributed by atoms with Gasteiger partial charge in [-0.2, -0.15) is 5.10 Å². The lowest BCUT2D eigenvalue weighted by atomic mass is 9.95. The monoisotopic (exact) mass is 483 g/mol. The number of carboxylic acids is 1. The highest BCUT2D eigenvalue weighted by molar-refractivity contribution is 7.15. The van der Waals surface area contributed by atoms with Gasteiger partial charge in [0.1, 0.15) is 10.7 Å². The van der Waals surface area contributed by atoms with E-state index in [-0.39, 0.29) is 5.69 Å². The van der Waals surface area contributed by atoms with Crippen molar-refractivity contribution in [2.24, 2.45) is 5.10 Å². The highest BCUT2D eigenvalue weighted by atomic mass is 32.1. The molecule has 12 heteroatoms. The highest BCUT2D eigenvalue weighted by Gasteiger charge is 2.27. The number of nitro benzene ring substituents is 2. The predicted molar refractivity (Wildman–Crippen MR) is 128 cm³/mol. The summed E-state index contributed by atoms with van der Waals surface area (Å²) in [5.74, 6) is -0.940. The Bertz CT molecular complexity index is 1360. The van der Waals surface area contributed by atoms with Gasteiger partial charge in [-0.1, -0.05) is 0 Å². The molecule has 4 rings (SSSR count). The minimum atomic E-state index is -0.940. The van der Waals surface area contributed by atoms with E-state index in [0.29, 0.717) is 16.1 Å². The van der Waals surface area contributed by atoms with Gasteiger partial charge in [-0.15, -0.1) is 11.3 Å². The first kappa shape index (κ1) is 23.1. The highest BCUT2D eigenvalue weighted by Crippen LogP contribution is 2.38. The lowest BCUT2D eigenvalue weighted by Gasteiger charge is -2.11. The first-order valence-electron chi connectivity index (χ1n) is 10.5. The van der Waals surface area contributed by atoms with Crippen LogP contribution < -0.4 is 5.43 Å². The Morgan fingerprint density at radius 3 is 2.59 bits per heavy atom. The fourth-order valence-corrected chi connectivity index (χ4v) is 5.70. The van der Waals surface area contributed by atoms with Crippen molar-refractivity contribution in [1.82, 2.24) is 4.57 Å². The first-order chi connectivity index (χ1) is 16.2. The summed E-state index contributed by atoms with van der Waals surface area (Å²) in [6, 6.07) is 5.11. The zero-order chi connectivity index (χ0) is 24.6. The number of carbonyl (C=O) groups is 1. The third-order valence-corrected chi connectivity index (χ3v) is 7.09. The molecule has 176 valence electrons. The molecule has 1 aromatic carbocycles. The molecule has 2 aromatic heterocycles. The van der Waals surface area contributed by atoms with Crippen molar-refractivity contribution in [1.29, 1.82) is 0 Å². The second-order valence-electron chi connectivity index (χ2n) is 7.94. The van der Waals surface area contributed by atoms with Gasteiger partial charge >= 0.3 is 11.7 Å². The summed E-state index contributed by atoms with van der Waals surface area (Å²) in [4.78, 5) is 34.0. The van der Waals surface area contributed by atoms with Gasteiger partial charge in [0.15, 0.2) is 0 Å². The Labute approximate surface area is 197 Å². The van der Waals surface area contributed by atoms with E-state index in [1.165, 1.54) is 23.6 Å². The fourth-order valence-electron chi connectivity index (χ4n) is 4.21. The fraction of sp³-hybridized carbons (Fsp3) is 0.273. The zero-order valence-corrected chi connectivity index (χ0v) is 19.2. The molecule has 0 aliphatic heterocycles. The number of aromatic carboxylic acids is 1. The van der Waals surface area contributed by atoms with Crippen LogP contribution in [0.2, 0.25) is 0 Å². The van der Waals surface area contributed by atoms with E-state index in [4.69, 9.17) is 0 Å². The summed E-state index contributed by atoms with van der Waals surface area (Å²) >= 11 is 1.51. The number of hydrazone groups is 1. The third-order valence-electron chi connectivity index (χ3n) is 5.82. The number of carboxylic acid groups (broad SMARTS) is 1. The second kappa shape index (κ2) is 9.06. The Kier molecular flexibility index (Phi) is 6.16. The Hall–Kier alpha value is -4.06. The molecule has 2 N–H and O–H groups in total. The third kappa shape index (κ3) is 4.15. The van der Waals surface area contributed by atoms with E-state index < -0.39 is 27.2 Å². The summed E-state index contributed by atoms with van der Waals surface area (Å²) < 4.78 is 1.90. The summed E-state index contributed by atoms with van der Waals surface area (Å²) in [7, 11) is 0. The summed E-state index contributed by atoms with van der Waals surface area (Å²) in [6.07, 6.45) is 5.16. The molecule has 2 heterocycles.